The third-order valence-corrected chi connectivity index (χ3v) is 4.24. The van der Waals surface area contributed by atoms with E-state index in [4.69, 9.17) is 10.3 Å². The first-order valence-corrected chi connectivity index (χ1v) is 7.25. The van der Waals surface area contributed by atoms with Gasteiger partial charge in [0.05, 0.1) is 0 Å². The van der Waals surface area contributed by atoms with Gasteiger partial charge in [-0.25, -0.2) is 4.98 Å². The summed E-state index contributed by atoms with van der Waals surface area (Å²) in [4.78, 5) is 12.1. The van der Waals surface area contributed by atoms with Crippen LogP contribution in [0.4, 0.5) is 5.13 Å². The smallest absolute Gasteiger partial charge is 0.229 e. The molecule has 0 aromatic carbocycles. The zero-order valence-electron chi connectivity index (χ0n) is 11.3. The molecule has 0 amide bonds. The predicted octanol–water partition coefficient (Wildman–Crippen LogP) is 2.22. The number of rotatable bonds is 3. The van der Waals surface area contributed by atoms with E-state index in [1.807, 2.05) is 13.1 Å². The fourth-order valence-corrected chi connectivity index (χ4v) is 3.16. The third-order valence-electron chi connectivity index (χ3n) is 3.43. The molecule has 0 radical (unpaired) electrons. The molecule has 0 bridgehead atoms. The summed E-state index contributed by atoms with van der Waals surface area (Å²) in [5.41, 5.74) is 5.65. The molecule has 0 saturated carbocycles. The quantitative estimate of drug-likeness (QED) is 0.935. The number of hydrogen-bond acceptors (Lipinski definition) is 7. The number of nitrogens with zero attached hydrogens (tertiary/aromatic N) is 4. The van der Waals surface area contributed by atoms with Crippen LogP contribution < -0.4 is 5.73 Å². The topological polar surface area (TPSA) is 81.1 Å². The van der Waals surface area contributed by atoms with Gasteiger partial charge in [0.2, 0.25) is 5.89 Å². The summed E-state index contributed by atoms with van der Waals surface area (Å²) in [6.07, 6.45) is 4.00. The molecule has 2 N–H and O–H groups in total. The second-order valence-corrected chi connectivity index (χ2v) is 6.04. The molecule has 110 valence electrons. The number of halogens is 1. The number of likely N-dealkylation sites (tertiary alicyclic amines) is 1. The lowest BCUT2D eigenvalue weighted by Gasteiger charge is -2.29. The molecule has 0 unspecified atom stereocenters. The average molecular weight is 316 g/mol. The maximum Gasteiger partial charge on any atom is 0.229 e. The van der Waals surface area contributed by atoms with Crippen LogP contribution in [0, 0.1) is 6.92 Å². The van der Waals surface area contributed by atoms with Crippen molar-refractivity contribution >= 4 is 28.9 Å². The van der Waals surface area contributed by atoms with Gasteiger partial charge in [0.15, 0.2) is 11.0 Å². The minimum Gasteiger partial charge on any atom is -0.375 e. The van der Waals surface area contributed by atoms with Gasteiger partial charge in [0, 0.05) is 23.5 Å². The Morgan fingerprint density at radius 2 is 2.20 bits per heavy atom. The highest BCUT2D eigenvalue weighted by Crippen LogP contribution is 2.28. The standard InChI is InChI=1S/C12H17N5OS.ClH/c1-8-15-11(18-16-8)9-2-4-17(5-3-9)7-10-6-14-12(13)19-10;/h6,9H,2-5,7H2,1H3,(H2,13,14);1H. The largest absolute Gasteiger partial charge is 0.375 e. The van der Waals surface area contributed by atoms with Gasteiger partial charge in [-0.2, -0.15) is 4.98 Å². The van der Waals surface area contributed by atoms with E-state index in [0.717, 1.165) is 44.2 Å². The van der Waals surface area contributed by atoms with E-state index in [2.05, 4.69) is 20.0 Å². The molecule has 2 aromatic heterocycles. The van der Waals surface area contributed by atoms with Crippen molar-refractivity contribution in [1.82, 2.24) is 20.0 Å². The van der Waals surface area contributed by atoms with Crippen molar-refractivity contribution < 1.29 is 4.52 Å². The van der Waals surface area contributed by atoms with E-state index in [0.29, 0.717) is 11.0 Å². The Hall–Kier alpha value is -1.18. The number of thiazole rings is 1. The monoisotopic (exact) mass is 315 g/mol. The number of piperidine rings is 1. The minimum absolute atomic E-state index is 0. The molecule has 0 aliphatic carbocycles. The van der Waals surface area contributed by atoms with Gasteiger partial charge in [0.25, 0.3) is 0 Å². The van der Waals surface area contributed by atoms with Gasteiger partial charge < -0.3 is 10.3 Å². The number of anilines is 1. The summed E-state index contributed by atoms with van der Waals surface area (Å²) in [5, 5.41) is 4.51. The zero-order valence-corrected chi connectivity index (χ0v) is 12.9. The van der Waals surface area contributed by atoms with Crippen molar-refractivity contribution in [2.24, 2.45) is 0 Å². The van der Waals surface area contributed by atoms with Crippen LogP contribution in [0.2, 0.25) is 0 Å². The number of nitrogens with two attached hydrogens (primary N) is 1. The van der Waals surface area contributed by atoms with Gasteiger partial charge in [-0.1, -0.05) is 5.16 Å². The van der Waals surface area contributed by atoms with Gasteiger partial charge >= 0.3 is 0 Å². The van der Waals surface area contributed by atoms with Crippen LogP contribution in [-0.2, 0) is 6.54 Å². The molecule has 8 heteroatoms. The first-order chi connectivity index (χ1) is 9.20. The molecule has 0 spiro atoms. The summed E-state index contributed by atoms with van der Waals surface area (Å²) in [7, 11) is 0. The predicted molar refractivity (Wildman–Crippen MR) is 80.1 cm³/mol. The van der Waals surface area contributed by atoms with Gasteiger partial charge in [0.1, 0.15) is 0 Å². The van der Waals surface area contributed by atoms with E-state index in [-0.39, 0.29) is 12.4 Å². The molecule has 0 atom stereocenters. The van der Waals surface area contributed by atoms with Crippen LogP contribution in [0.1, 0.15) is 35.4 Å². The van der Waals surface area contributed by atoms with E-state index in [1.54, 1.807) is 11.3 Å². The maximum atomic E-state index is 5.65. The highest BCUT2D eigenvalue weighted by Gasteiger charge is 2.25. The van der Waals surface area contributed by atoms with E-state index >= 15 is 0 Å². The Morgan fingerprint density at radius 3 is 2.75 bits per heavy atom. The Kier molecular flexibility index (Phi) is 4.95. The molecular formula is C12H18ClN5OS. The van der Waals surface area contributed by atoms with Gasteiger partial charge in [-0.05, 0) is 32.9 Å². The minimum atomic E-state index is 0. The Balaban J connectivity index is 0.00000147. The molecule has 1 saturated heterocycles. The molecule has 2 aromatic rings. The van der Waals surface area contributed by atoms with Crippen molar-refractivity contribution in [3.63, 3.8) is 0 Å². The molecular weight excluding hydrogens is 298 g/mol. The Labute approximate surface area is 127 Å². The maximum absolute atomic E-state index is 5.65. The van der Waals surface area contributed by atoms with Crippen molar-refractivity contribution in [2.45, 2.75) is 32.2 Å². The van der Waals surface area contributed by atoms with Crippen LogP contribution in [0.5, 0.6) is 0 Å². The second kappa shape index (κ2) is 6.51. The van der Waals surface area contributed by atoms with Crippen LogP contribution in [0.25, 0.3) is 0 Å². The summed E-state index contributed by atoms with van der Waals surface area (Å²) >= 11 is 1.57. The summed E-state index contributed by atoms with van der Waals surface area (Å²) in [6, 6.07) is 0. The van der Waals surface area contributed by atoms with Crippen molar-refractivity contribution in [3.8, 4) is 0 Å². The SMILES string of the molecule is Cc1noc(C2CCN(Cc3cnc(N)s3)CC2)n1.Cl. The van der Waals surface area contributed by atoms with E-state index < -0.39 is 0 Å². The van der Waals surface area contributed by atoms with Crippen LogP contribution in [0.3, 0.4) is 0 Å². The number of hydrogen-bond donors (Lipinski definition) is 1. The highest BCUT2D eigenvalue weighted by molar-refractivity contribution is 7.15. The Bertz CT molecular complexity index is 550. The lowest BCUT2D eigenvalue weighted by Crippen LogP contribution is -2.32. The Morgan fingerprint density at radius 1 is 1.45 bits per heavy atom. The summed E-state index contributed by atoms with van der Waals surface area (Å²) < 4.78 is 5.26. The molecule has 6 nitrogen and oxygen atoms in total. The third kappa shape index (κ3) is 3.47. The second-order valence-electron chi connectivity index (χ2n) is 4.90. The summed E-state index contributed by atoms with van der Waals surface area (Å²) in [6.45, 7) is 4.88. The van der Waals surface area contributed by atoms with Crippen LogP contribution >= 0.6 is 23.7 Å². The summed E-state index contributed by atoms with van der Waals surface area (Å²) in [5.74, 6) is 1.92. The molecule has 3 rings (SSSR count). The molecule has 1 aliphatic heterocycles. The molecule has 1 aliphatic rings. The van der Waals surface area contributed by atoms with Crippen molar-refractivity contribution in [2.75, 3.05) is 18.8 Å². The fraction of sp³-hybridized carbons (Fsp3) is 0.583. The van der Waals surface area contributed by atoms with Crippen molar-refractivity contribution in [1.29, 1.82) is 0 Å². The number of nitrogen functional groups attached to an aromatic ring is 1. The first kappa shape index (κ1) is 15.2. The molecule has 1 fully saturated rings. The molecule has 3 heterocycles. The van der Waals surface area contributed by atoms with Gasteiger partial charge in [-0.15, -0.1) is 23.7 Å². The first-order valence-electron chi connectivity index (χ1n) is 6.43. The number of aryl methyl sites for hydroxylation is 1. The highest BCUT2D eigenvalue weighted by atomic mass is 35.5. The average Bonchev–Trinajstić information content (AvgIpc) is 3.00. The van der Waals surface area contributed by atoms with Crippen LogP contribution in [-0.4, -0.2) is 33.1 Å². The van der Waals surface area contributed by atoms with Crippen LogP contribution in [0.15, 0.2) is 10.7 Å². The normalized spacial score (nSPS) is 17.1. The fourth-order valence-electron chi connectivity index (χ4n) is 2.43. The lowest BCUT2D eigenvalue weighted by molar-refractivity contribution is 0.189. The zero-order chi connectivity index (χ0) is 13.2. The number of aromatic nitrogens is 3. The lowest BCUT2D eigenvalue weighted by atomic mass is 9.97. The van der Waals surface area contributed by atoms with E-state index in [1.165, 1.54) is 4.88 Å². The van der Waals surface area contributed by atoms with Crippen molar-refractivity contribution in [3.05, 3.63) is 22.8 Å². The van der Waals surface area contributed by atoms with E-state index in [9.17, 15) is 0 Å². The van der Waals surface area contributed by atoms with Gasteiger partial charge in [-0.3, -0.25) is 4.90 Å². The molecule has 20 heavy (non-hydrogen) atoms.